The molecule has 0 aliphatic heterocycles. The van der Waals surface area contributed by atoms with Crippen molar-refractivity contribution >= 4 is 51.2 Å². The SMILES string of the molecule is CCOC(=O)Nc1csc([C@H](Cc2ccc(NS(=O)(=O)O)cc2)NC(=O)[C@H](Cc2ccccc2)NC(=O)OC)n1. The predicted molar refractivity (Wildman–Crippen MR) is 148 cm³/mol. The molecule has 0 fully saturated rings. The van der Waals surface area contributed by atoms with E-state index in [0.29, 0.717) is 10.6 Å². The number of nitrogens with one attached hydrogen (secondary N) is 4. The fourth-order valence-electron chi connectivity index (χ4n) is 3.60. The molecule has 3 amide bonds. The largest absolute Gasteiger partial charge is 0.453 e. The van der Waals surface area contributed by atoms with Crippen molar-refractivity contribution in [2.45, 2.75) is 31.8 Å². The zero-order valence-electron chi connectivity index (χ0n) is 21.6. The van der Waals surface area contributed by atoms with E-state index in [1.165, 1.54) is 30.6 Å². The molecule has 2 aromatic carbocycles. The number of carbonyl (C=O) groups excluding carboxylic acids is 3. The van der Waals surface area contributed by atoms with Gasteiger partial charge in [-0.15, -0.1) is 11.3 Å². The zero-order chi connectivity index (χ0) is 29.1. The molecule has 0 radical (unpaired) electrons. The van der Waals surface area contributed by atoms with Gasteiger partial charge in [-0.05, 0) is 36.6 Å². The number of ether oxygens (including phenoxy) is 2. The van der Waals surface area contributed by atoms with Crippen molar-refractivity contribution in [3.05, 3.63) is 76.1 Å². The summed E-state index contributed by atoms with van der Waals surface area (Å²) in [5, 5.41) is 10.0. The van der Waals surface area contributed by atoms with Gasteiger partial charge >= 0.3 is 22.5 Å². The van der Waals surface area contributed by atoms with Crippen LogP contribution in [-0.2, 0) is 37.4 Å². The Morgan fingerprint density at radius 3 is 2.27 bits per heavy atom. The highest BCUT2D eigenvalue weighted by Gasteiger charge is 2.27. The number of thiazole rings is 1. The van der Waals surface area contributed by atoms with Crippen LogP contribution in [-0.4, -0.2) is 55.8 Å². The summed E-state index contributed by atoms with van der Waals surface area (Å²) in [6.45, 7) is 1.85. The Hall–Kier alpha value is -4.21. The number of hydrogen-bond donors (Lipinski definition) is 5. The highest BCUT2D eigenvalue weighted by Crippen LogP contribution is 2.26. The summed E-state index contributed by atoms with van der Waals surface area (Å²) in [5.74, 6) is -0.266. The van der Waals surface area contributed by atoms with Gasteiger partial charge in [0.1, 0.15) is 16.9 Å². The summed E-state index contributed by atoms with van der Waals surface area (Å²) in [6, 6.07) is 13.6. The molecule has 0 unspecified atom stereocenters. The number of benzene rings is 2. The highest BCUT2D eigenvalue weighted by molar-refractivity contribution is 7.87. The lowest BCUT2D eigenvalue weighted by molar-refractivity contribution is -0.123. The average molecular weight is 592 g/mol. The van der Waals surface area contributed by atoms with E-state index < -0.39 is 40.5 Å². The molecule has 214 valence electrons. The van der Waals surface area contributed by atoms with E-state index in [1.54, 1.807) is 24.4 Å². The standard InChI is InChI=1S/C25H29N5O8S2/c1-3-38-25(33)29-21-15-39-23(28-21)20(14-17-9-11-18(12-10-17)30-40(34,35)36)26-22(31)19(27-24(32)37-2)13-16-7-5-4-6-8-16/h4-12,15,19-20,30H,3,13-14H2,1-2H3,(H,26,31)(H,27,32)(H,29,33)(H,34,35,36)/t19-,20-/m0/s1. The average Bonchev–Trinajstić information content (AvgIpc) is 3.37. The number of methoxy groups -OCH3 is 1. The molecule has 0 saturated carbocycles. The number of amides is 3. The first kappa shape index (κ1) is 30.3. The topological polar surface area (TPSA) is 185 Å². The Morgan fingerprint density at radius 1 is 0.975 bits per heavy atom. The number of anilines is 2. The Morgan fingerprint density at radius 2 is 1.65 bits per heavy atom. The molecule has 2 atom stereocenters. The quantitative estimate of drug-likeness (QED) is 0.197. The van der Waals surface area contributed by atoms with Crippen molar-refractivity contribution < 1.29 is 36.8 Å². The van der Waals surface area contributed by atoms with Crippen LogP contribution in [0.25, 0.3) is 0 Å². The molecule has 13 nitrogen and oxygen atoms in total. The third kappa shape index (κ3) is 9.83. The van der Waals surface area contributed by atoms with Gasteiger partial charge in [-0.3, -0.25) is 19.4 Å². The molecule has 5 N–H and O–H groups in total. The van der Waals surface area contributed by atoms with Crippen LogP contribution < -0.4 is 20.7 Å². The van der Waals surface area contributed by atoms with Gasteiger partial charge in [0.05, 0.1) is 25.4 Å². The number of rotatable bonds is 12. The number of aromatic nitrogens is 1. The minimum Gasteiger partial charge on any atom is -0.453 e. The molecule has 0 saturated heterocycles. The molecular weight excluding hydrogens is 562 g/mol. The van der Waals surface area contributed by atoms with Gasteiger partial charge in [0.25, 0.3) is 0 Å². The van der Waals surface area contributed by atoms with Crippen molar-refractivity contribution in [3.63, 3.8) is 0 Å². The summed E-state index contributed by atoms with van der Waals surface area (Å²) in [6.07, 6.45) is -1.03. The molecule has 1 aromatic heterocycles. The van der Waals surface area contributed by atoms with Gasteiger partial charge in [0.15, 0.2) is 0 Å². The maximum absolute atomic E-state index is 13.5. The van der Waals surface area contributed by atoms with Crippen LogP contribution in [0.3, 0.4) is 0 Å². The van der Waals surface area contributed by atoms with Gasteiger partial charge in [-0.1, -0.05) is 42.5 Å². The van der Waals surface area contributed by atoms with Gasteiger partial charge in [-0.25, -0.2) is 14.6 Å². The monoisotopic (exact) mass is 591 g/mol. The second-order valence-corrected chi connectivity index (χ2v) is 10.4. The molecule has 15 heteroatoms. The molecule has 0 spiro atoms. The predicted octanol–water partition coefficient (Wildman–Crippen LogP) is 3.29. The third-order valence-electron chi connectivity index (χ3n) is 5.36. The first-order valence-electron chi connectivity index (χ1n) is 12.0. The minimum atomic E-state index is -4.44. The van der Waals surface area contributed by atoms with Crippen LogP contribution in [0.2, 0.25) is 0 Å². The van der Waals surface area contributed by atoms with Gasteiger partial charge in [0.2, 0.25) is 5.91 Å². The number of hydrogen-bond acceptors (Lipinski definition) is 9. The molecule has 1 heterocycles. The van der Waals surface area contributed by atoms with E-state index in [0.717, 1.165) is 5.56 Å². The van der Waals surface area contributed by atoms with Crippen LogP contribution in [0.15, 0.2) is 60.0 Å². The lowest BCUT2D eigenvalue weighted by atomic mass is 10.0. The van der Waals surface area contributed by atoms with Crippen molar-refractivity contribution in [2.24, 2.45) is 0 Å². The van der Waals surface area contributed by atoms with Crippen LogP contribution in [0.5, 0.6) is 0 Å². The normalized spacial score (nSPS) is 12.5. The molecule has 0 bridgehead atoms. The summed E-state index contributed by atoms with van der Waals surface area (Å²) >= 11 is 1.19. The molecular formula is C25H29N5O8S2. The Bertz CT molecular complexity index is 1400. The lowest BCUT2D eigenvalue weighted by Crippen LogP contribution is -2.49. The van der Waals surface area contributed by atoms with Gasteiger partial charge in [-0.2, -0.15) is 8.42 Å². The van der Waals surface area contributed by atoms with E-state index in [2.05, 4.69) is 20.9 Å². The maximum atomic E-state index is 13.5. The molecule has 40 heavy (non-hydrogen) atoms. The second kappa shape index (κ2) is 14.3. The number of carbonyl (C=O) groups is 3. The van der Waals surface area contributed by atoms with Crippen molar-refractivity contribution in [2.75, 3.05) is 23.8 Å². The molecule has 3 rings (SSSR count). The van der Waals surface area contributed by atoms with E-state index in [4.69, 9.17) is 14.0 Å². The number of alkyl carbamates (subject to hydrolysis) is 1. The fraction of sp³-hybridized carbons (Fsp3) is 0.280. The Balaban J connectivity index is 1.86. The van der Waals surface area contributed by atoms with Crippen LogP contribution in [0.1, 0.15) is 29.1 Å². The minimum absolute atomic E-state index is 0.146. The van der Waals surface area contributed by atoms with E-state index >= 15 is 0 Å². The first-order valence-corrected chi connectivity index (χ1v) is 14.3. The van der Waals surface area contributed by atoms with Crippen molar-refractivity contribution in [1.82, 2.24) is 15.6 Å². The van der Waals surface area contributed by atoms with Crippen LogP contribution in [0, 0.1) is 0 Å². The summed E-state index contributed by atoms with van der Waals surface area (Å²) in [5.41, 5.74) is 1.65. The molecule has 3 aromatic rings. The Kier molecular flexibility index (Phi) is 10.8. The van der Waals surface area contributed by atoms with Crippen LogP contribution >= 0.6 is 11.3 Å². The lowest BCUT2D eigenvalue weighted by Gasteiger charge is -2.22. The van der Waals surface area contributed by atoms with Crippen molar-refractivity contribution in [1.29, 1.82) is 0 Å². The third-order valence-corrected chi connectivity index (χ3v) is 6.81. The number of nitrogens with zero attached hydrogens (tertiary/aromatic N) is 1. The van der Waals surface area contributed by atoms with E-state index in [-0.39, 0.29) is 31.0 Å². The molecule has 0 aliphatic carbocycles. The Labute approximate surface area is 235 Å². The van der Waals surface area contributed by atoms with Crippen LogP contribution in [0.4, 0.5) is 21.1 Å². The second-order valence-electron chi connectivity index (χ2n) is 8.33. The van der Waals surface area contributed by atoms with Crippen molar-refractivity contribution in [3.8, 4) is 0 Å². The summed E-state index contributed by atoms with van der Waals surface area (Å²) in [4.78, 5) is 41.7. The summed E-state index contributed by atoms with van der Waals surface area (Å²) in [7, 11) is -3.24. The van der Waals surface area contributed by atoms with Gasteiger partial charge < -0.3 is 20.1 Å². The van der Waals surface area contributed by atoms with Gasteiger partial charge in [0, 0.05) is 11.8 Å². The van der Waals surface area contributed by atoms with E-state index in [9.17, 15) is 22.8 Å². The first-order chi connectivity index (χ1) is 19.1. The summed E-state index contributed by atoms with van der Waals surface area (Å²) < 4.78 is 42.7. The highest BCUT2D eigenvalue weighted by atomic mass is 32.2. The smallest absolute Gasteiger partial charge is 0.412 e. The molecule has 0 aliphatic rings. The van der Waals surface area contributed by atoms with E-state index in [1.807, 2.05) is 35.1 Å². The zero-order valence-corrected chi connectivity index (χ0v) is 23.3. The maximum Gasteiger partial charge on any atom is 0.412 e. The fourth-order valence-corrected chi connectivity index (χ4v) is 4.84.